The van der Waals surface area contributed by atoms with Gasteiger partial charge in [0.2, 0.25) is 0 Å². The number of aromatic nitrogens is 7. The van der Waals surface area contributed by atoms with Gasteiger partial charge in [-0.25, -0.2) is 15.0 Å². The van der Waals surface area contributed by atoms with E-state index in [4.69, 9.17) is 20.3 Å². The molecule has 13 heteroatoms. The quantitative estimate of drug-likeness (QED) is 0.242. The number of hydrogen-bond donors (Lipinski definition) is 4. The second-order valence-electron chi connectivity index (χ2n) is 6.84. The molecule has 164 valence electrons. The zero-order valence-electron chi connectivity index (χ0n) is 16.4. The molecule has 4 heterocycles. The average Bonchev–Trinajstić information content (AvgIpc) is 3.48. The van der Waals surface area contributed by atoms with Gasteiger partial charge in [0.05, 0.1) is 19.1 Å². The first-order chi connectivity index (χ1) is 15.1. The number of imidazole rings is 1. The second kappa shape index (κ2) is 9.33. The third-order valence-electron chi connectivity index (χ3n) is 4.83. The van der Waals surface area contributed by atoms with Gasteiger partial charge in [-0.3, -0.25) is 9.25 Å². The summed E-state index contributed by atoms with van der Waals surface area (Å²) in [6.45, 7) is 0.204. The van der Waals surface area contributed by atoms with Crippen LogP contribution in [-0.2, 0) is 16.0 Å². The maximum absolute atomic E-state index is 10.6. The van der Waals surface area contributed by atoms with Crippen molar-refractivity contribution >= 4 is 17.0 Å². The summed E-state index contributed by atoms with van der Waals surface area (Å²) in [5.74, 6) is 5.42. The molecule has 5 N–H and O–H groups in total. The van der Waals surface area contributed by atoms with Crippen molar-refractivity contribution in [2.45, 2.75) is 37.5 Å². The van der Waals surface area contributed by atoms with E-state index in [1.54, 1.807) is 15.4 Å². The molecule has 1 fully saturated rings. The zero-order valence-corrected chi connectivity index (χ0v) is 16.4. The Morgan fingerprint density at radius 3 is 2.94 bits per heavy atom. The van der Waals surface area contributed by atoms with Gasteiger partial charge in [0.15, 0.2) is 23.4 Å². The topological polar surface area (TPSA) is 179 Å². The molecule has 0 unspecified atom stereocenters. The number of nitrogens with two attached hydrogens (primary N) is 1. The minimum atomic E-state index is -1.04. The van der Waals surface area contributed by atoms with Crippen LogP contribution in [0.15, 0.2) is 18.9 Å². The molecule has 0 saturated carbocycles. The minimum absolute atomic E-state index is 0.231. The fourth-order valence-electron chi connectivity index (χ4n) is 3.37. The molecule has 0 amide bonds. The lowest BCUT2D eigenvalue weighted by Gasteiger charge is -2.22. The Bertz CT molecular complexity index is 1090. The van der Waals surface area contributed by atoms with Crippen molar-refractivity contribution in [1.82, 2.24) is 34.5 Å². The molecule has 0 aromatic carbocycles. The summed E-state index contributed by atoms with van der Waals surface area (Å²) < 4.78 is 15.0. The monoisotopic (exact) mass is 430 g/mol. The molecule has 13 nitrogen and oxygen atoms in total. The van der Waals surface area contributed by atoms with E-state index >= 15 is 0 Å². The van der Waals surface area contributed by atoms with Crippen molar-refractivity contribution in [2.24, 2.45) is 0 Å². The number of nitrogens with zero attached hydrogens (tertiary/aromatic N) is 7. The number of anilines is 1. The summed E-state index contributed by atoms with van der Waals surface area (Å²) in [5, 5.41) is 36.7. The first-order valence-corrected chi connectivity index (χ1v) is 9.61. The Balaban J connectivity index is 1.42. The van der Waals surface area contributed by atoms with E-state index in [-0.39, 0.29) is 19.0 Å². The Hall–Kier alpha value is -3.15. The van der Waals surface area contributed by atoms with Gasteiger partial charge in [0.25, 0.3) is 0 Å². The number of aliphatic hydroxyl groups is 3. The SMILES string of the molecule is Nc1ncnc2c1ncn2[C@@H]1O[C@H](CO)[C@@H](O)[C@H]1OCCCn1cc(C#CCO)nn1. The minimum Gasteiger partial charge on any atom is -0.394 e. The maximum atomic E-state index is 10.6. The molecule has 3 aromatic heterocycles. The van der Waals surface area contributed by atoms with Crippen LogP contribution in [0.5, 0.6) is 0 Å². The zero-order chi connectivity index (χ0) is 21.8. The highest BCUT2D eigenvalue weighted by atomic mass is 16.6. The average molecular weight is 430 g/mol. The molecule has 4 rings (SSSR count). The first kappa shape index (κ1) is 21.1. The van der Waals surface area contributed by atoms with Crippen molar-refractivity contribution in [1.29, 1.82) is 0 Å². The molecule has 0 spiro atoms. The van der Waals surface area contributed by atoms with E-state index in [0.717, 1.165) is 0 Å². The predicted molar refractivity (Wildman–Crippen MR) is 105 cm³/mol. The standard InChI is InChI=1S/C18H22N8O5/c19-16-13-17(21-9-20-16)26(10-22-13)18-15(14(29)12(8-28)31-18)30-6-2-4-25-7-11(23-24-25)3-1-5-27/h7,9-10,12,14-15,18,27-29H,2,4-6,8H2,(H2,19,20,21)/t12-,14-,15-,18-/m1/s1. The normalized spacial score (nSPS) is 23.2. The number of ether oxygens (including phenoxy) is 2. The molecular weight excluding hydrogens is 408 g/mol. The number of nitrogen functional groups attached to an aromatic ring is 1. The molecule has 31 heavy (non-hydrogen) atoms. The molecule has 0 radical (unpaired) electrons. The first-order valence-electron chi connectivity index (χ1n) is 9.61. The van der Waals surface area contributed by atoms with Crippen LogP contribution in [0.25, 0.3) is 11.2 Å². The highest BCUT2D eigenvalue weighted by Gasteiger charge is 2.45. The summed E-state index contributed by atoms with van der Waals surface area (Å²) in [6.07, 6.45) is 1.70. The van der Waals surface area contributed by atoms with Crippen molar-refractivity contribution in [2.75, 3.05) is 25.6 Å². The molecule has 1 aliphatic rings. The molecule has 3 aromatic rings. The number of aryl methyl sites for hydroxylation is 1. The molecular formula is C18H22N8O5. The Labute approximate surface area is 176 Å². The number of hydrogen-bond acceptors (Lipinski definition) is 11. The van der Waals surface area contributed by atoms with E-state index in [1.807, 2.05) is 0 Å². The lowest BCUT2D eigenvalue weighted by Crippen LogP contribution is -2.35. The fraction of sp³-hybridized carbons (Fsp3) is 0.500. The maximum Gasteiger partial charge on any atom is 0.167 e. The lowest BCUT2D eigenvalue weighted by molar-refractivity contribution is -0.0713. The van der Waals surface area contributed by atoms with Crippen molar-refractivity contribution in [3.05, 3.63) is 24.5 Å². The van der Waals surface area contributed by atoms with Crippen molar-refractivity contribution < 1.29 is 24.8 Å². The molecule has 0 aliphatic carbocycles. The number of fused-ring (bicyclic) bond motifs is 1. The van der Waals surface area contributed by atoms with Gasteiger partial charge in [-0.05, 0) is 12.3 Å². The Morgan fingerprint density at radius 1 is 1.26 bits per heavy atom. The van der Waals surface area contributed by atoms with Gasteiger partial charge >= 0.3 is 0 Å². The van der Waals surface area contributed by atoms with Crippen LogP contribution in [0.4, 0.5) is 5.82 Å². The number of rotatable bonds is 7. The second-order valence-corrected chi connectivity index (χ2v) is 6.84. The van der Waals surface area contributed by atoms with Gasteiger partial charge in [-0.2, -0.15) is 0 Å². The van der Waals surface area contributed by atoms with E-state index in [0.29, 0.717) is 36.4 Å². The van der Waals surface area contributed by atoms with Crippen LogP contribution in [0.3, 0.4) is 0 Å². The van der Waals surface area contributed by atoms with E-state index in [2.05, 4.69) is 37.1 Å². The van der Waals surface area contributed by atoms with Crippen LogP contribution >= 0.6 is 0 Å². The van der Waals surface area contributed by atoms with E-state index in [9.17, 15) is 10.2 Å². The smallest absolute Gasteiger partial charge is 0.167 e. The molecule has 4 atom stereocenters. The Kier molecular flexibility index (Phi) is 6.35. The van der Waals surface area contributed by atoms with Gasteiger partial charge in [-0.15, -0.1) is 5.10 Å². The van der Waals surface area contributed by atoms with Crippen LogP contribution < -0.4 is 5.73 Å². The van der Waals surface area contributed by atoms with Crippen molar-refractivity contribution in [3.8, 4) is 11.8 Å². The summed E-state index contributed by atoms with van der Waals surface area (Å²) in [4.78, 5) is 12.3. The van der Waals surface area contributed by atoms with E-state index < -0.39 is 24.5 Å². The largest absolute Gasteiger partial charge is 0.394 e. The van der Waals surface area contributed by atoms with Gasteiger partial charge in [0, 0.05) is 13.2 Å². The van der Waals surface area contributed by atoms with Gasteiger partial charge in [-0.1, -0.05) is 11.1 Å². The third-order valence-corrected chi connectivity index (χ3v) is 4.83. The Morgan fingerprint density at radius 2 is 2.13 bits per heavy atom. The van der Waals surface area contributed by atoms with E-state index in [1.165, 1.54) is 12.7 Å². The highest BCUT2D eigenvalue weighted by Crippen LogP contribution is 2.33. The van der Waals surface area contributed by atoms with Crippen molar-refractivity contribution in [3.63, 3.8) is 0 Å². The summed E-state index contributed by atoms with van der Waals surface area (Å²) in [7, 11) is 0. The summed E-state index contributed by atoms with van der Waals surface area (Å²) in [6, 6.07) is 0. The molecule has 0 bridgehead atoms. The fourth-order valence-corrected chi connectivity index (χ4v) is 3.37. The third kappa shape index (κ3) is 4.33. The highest BCUT2D eigenvalue weighted by molar-refractivity contribution is 5.81. The predicted octanol–water partition coefficient (Wildman–Crippen LogP) is -1.93. The summed E-state index contributed by atoms with van der Waals surface area (Å²) in [5.41, 5.74) is 7.17. The summed E-state index contributed by atoms with van der Waals surface area (Å²) >= 11 is 0. The lowest BCUT2D eigenvalue weighted by atomic mass is 10.1. The molecule has 1 saturated heterocycles. The van der Waals surface area contributed by atoms with Crippen LogP contribution in [0.2, 0.25) is 0 Å². The van der Waals surface area contributed by atoms with Crippen LogP contribution in [-0.4, -0.2) is 88.0 Å². The van der Waals surface area contributed by atoms with Gasteiger partial charge < -0.3 is 30.5 Å². The van der Waals surface area contributed by atoms with Crippen LogP contribution in [0.1, 0.15) is 18.3 Å². The molecule has 1 aliphatic heterocycles. The van der Waals surface area contributed by atoms with Gasteiger partial charge in [0.1, 0.15) is 36.8 Å². The van der Waals surface area contributed by atoms with Crippen LogP contribution in [0, 0.1) is 11.8 Å². The number of aliphatic hydroxyl groups excluding tert-OH is 3.